The molecule has 1 unspecified atom stereocenters. The Balaban J connectivity index is 2.28. The SMILES string of the molecule is CN1CCN(C(=O)CS(=O)CCC(=O)O)CC1. The van der Waals surface area contributed by atoms with Gasteiger partial charge in [0.25, 0.3) is 0 Å². The molecule has 1 aliphatic rings. The topological polar surface area (TPSA) is 77.9 Å². The summed E-state index contributed by atoms with van der Waals surface area (Å²) in [6.07, 6.45) is -0.150. The van der Waals surface area contributed by atoms with E-state index < -0.39 is 16.8 Å². The van der Waals surface area contributed by atoms with Gasteiger partial charge < -0.3 is 14.9 Å². The summed E-state index contributed by atoms with van der Waals surface area (Å²) in [7, 11) is 0.626. The average molecular weight is 262 g/mol. The van der Waals surface area contributed by atoms with Crippen molar-refractivity contribution in [3.8, 4) is 0 Å². The fourth-order valence-corrected chi connectivity index (χ4v) is 2.56. The van der Waals surface area contributed by atoms with Crippen molar-refractivity contribution in [1.82, 2.24) is 9.80 Å². The molecule has 0 radical (unpaired) electrons. The molecule has 1 rings (SSSR count). The molecule has 1 N–H and O–H groups in total. The Morgan fingerprint density at radius 2 is 1.82 bits per heavy atom. The maximum Gasteiger partial charge on any atom is 0.304 e. The van der Waals surface area contributed by atoms with Gasteiger partial charge >= 0.3 is 5.97 Å². The van der Waals surface area contributed by atoms with Gasteiger partial charge in [-0.2, -0.15) is 0 Å². The number of carboxylic acids is 1. The summed E-state index contributed by atoms with van der Waals surface area (Å²) in [6, 6.07) is 0. The summed E-state index contributed by atoms with van der Waals surface area (Å²) in [4.78, 5) is 25.8. The molecule has 0 aromatic heterocycles. The van der Waals surface area contributed by atoms with Gasteiger partial charge in [-0.15, -0.1) is 0 Å². The molecule has 0 spiro atoms. The van der Waals surface area contributed by atoms with Gasteiger partial charge in [-0.1, -0.05) is 0 Å². The molecule has 0 aromatic carbocycles. The number of piperazine rings is 1. The fraction of sp³-hybridized carbons (Fsp3) is 0.800. The molecule has 1 saturated heterocycles. The smallest absolute Gasteiger partial charge is 0.304 e. The average Bonchev–Trinajstić information content (AvgIpc) is 2.27. The molecule has 1 atom stereocenters. The van der Waals surface area contributed by atoms with Gasteiger partial charge in [-0.25, -0.2) is 0 Å². The van der Waals surface area contributed by atoms with E-state index in [-0.39, 0.29) is 23.8 Å². The van der Waals surface area contributed by atoms with Crippen LogP contribution in [0.2, 0.25) is 0 Å². The minimum Gasteiger partial charge on any atom is -0.481 e. The molecular formula is C10H18N2O4S. The Morgan fingerprint density at radius 1 is 1.24 bits per heavy atom. The molecule has 0 saturated carbocycles. The summed E-state index contributed by atoms with van der Waals surface area (Å²) in [5, 5.41) is 8.44. The van der Waals surface area contributed by atoms with Crippen LogP contribution < -0.4 is 0 Å². The van der Waals surface area contributed by atoms with Gasteiger partial charge in [0.2, 0.25) is 5.91 Å². The van der Waals surface area contributed by atoms with E-state index in [9.17, 15) is 13.8 Å². The number of likely N-dealkylation sites (N-methyl/N-ethyl adjacent to an activating group) is 1. The molecule has 1 heterocycles. The lowest BCUT2D eigenvalue weighted by molar-refractivity contribution is -0.136. The number of rotatable bonds is 5. The number of nitrogens with zero attached hydrogens (tertiary/aromatic N) is 2. The van der Waals surface area contributed by atoms with Crippen molar-refractivity contribution in [3.05, 3.63) is 0 Å². The molecule has 1 aliphatic heterocycles. The van der Waals surface area contributed by atoms with Gasteiger partial charge in [0.05, 0.1) is 6.42 Å². The number of carboxylic acid groups (broad SMARTS) is 1. The summed E-state index contributed by atoms with van der Waals surface area (Å²) < 4.78 is 11.5. The Bertz CT molecular complexity index is 313. The maximum absolute atomic E-state index is 11.7. The predicted molar refractivity (Wildman–Crippen MR) is 64.2 cm³/mol. The van der Waals surface area contributed by atoms with Crippen LogP contribution in [-0.4, -0.2) is 75.7 Å². The van der Waals surface area contributed by atoms with Crippen LogP contribution in [-0.2, 0) is 20.4 Å². The van der Waals surface area contributed by atoms with Gasteiger partial charge in [0.1, 0.15) is 5.75 Å². The highest BCUT2D eigenvalue weighted by molar-refractivity contribution is 7.85. The van der Waals surface area contributed by atoms with E-state index in [1.54, 1.807) is 4.90 Å². The van der Waals surface area contributed by atoms with Crippen LogP contribution in [0.15, 0.2) is 0 Å². The lowest BCUT2D eigenvalue weighted by atomic mass is 10.3. The van der Waals surface area contributed by atoms with Crippen molar-refractivity contribution in [2.75, 3.05) is 44.7 Å². The maximum atomic E-state index is 11.7. The zero-order valence-corrected chi connectivity index (χ0v) is 10.7. The Labute approximate surface area is 103 Å². The molecular weight excluding hydrogens is 244 g/mol. The monoisotopic (exact) mass is 262 g/mol. The van der Waals surface area contributed by atoms with Crippen molar-refractivity contribution >= 4 is 22.7 Å². The van der Waals surface area contributed by atoms with Crippen LogP contribution in [0.4, 0.5) is 0 Å². The van der Waals surface area contributed by atoms with Crippen LogP contribution >= 0.6 is 0 Å². The molecule has 6 nitrogen and oxygen atoms in total. The molecule has 1 fully saturated rings. The summed E-state index contributed by atoms with van der Waals surface area (Å²) in [5.74, 6) is -1.13. The van der Waals surface area contributed by atoms with Crippen LogP contribution in [0.3, 0.4) is 0 Å². The second-order valence-electron chi connectivity index (χ2n) is 4.12. The van der Waals surface area contributed by atoms with E-state index in [0.29, 0.717) is 13.1 Å². The normalized spacial score (nSPS) is 19.0. The van der Waals surface area contributed by atoms with Crippen LogP contribution in [0.5, 0.6) is 0 Å². The highest BCUT2D eigenvalue weighted by Gasteiger charge is 2.20. The molecule has 0 aromatic rings. The number of carbonyl (C=O) groups is 2. The first-order valence-corrected chi connectivity index (χ1v) is 7.01. The summed E-state index contributed by atoms with van der Waals surface area (Å²) >= 11 is 0. The van der Waals surface area contributed by atoms with Gasteiger partial charge in [-0.05, 0) is 7.05 Å². The third-order valence-electron chi connectivity index (χ3n) is 2.68. The van der Waals surface area contributed by atoms with Gasteiger partial charge in [0.15, 0.2) is 0 Å². The fourth-order valence-electron chi connectivity index (χ4n) is 1.56. The number of hydrogen-bond acceptors (Lipinski definition) is 4. The van der Waals surface area contributed by atoms with Crippen LogP contribution in [0.25, 0.3) is 0 Å². The molecule has 17 heavy (non-hydrogen) atoms. The molecule has 98 valence electrons. The van der Waals surface area contributed by atoms with Gasteiger partial charge in [-0.3, -0.25) is 13.8 Å². The van der Waals surface area contributed by atoms with Crippen molar-refractivity contribution in [1.29, 1.82) is 0 Å². The Morgan fingerprint density at radius 3 is 2.35 bits per heavy atom. The first-order valence-electron chi connectivity index (χ1n) is 5.52. The van der Waals surface area contributed by atoms with Crippen LogP contribution in [0, 0.1) is 0 Å². The molecule has 0 aliphatic carbocycles. The molecule has 1 amide bonds. The van der Waals surface area contributed by atoms with Crippen molar-refractivity contribution < 1.29 is 18.9 Å². The Hall–Kier alpha value is -0.950. The zero-order chi connectivity index (χ0) is 12.8. The van der Waals surface area contributed by atoms with Gasteiger partial charge in [0, 0.05) is 42.7 Å². The first kappa shape index (κ1) is 14.1. The minimum absolute atomic E-state index is 0.0504. The molecule has 7 heteroatoms. The second kappa shape index (κ2) is 6.70. The van der Waals surface area contributed by atoms with Crippen molar-refractivity contribution in [2.24, 2.45) is 0 Å². The third kappa shape index (κ3) is 5.27. The third-order valence-corrected chi connectivity index (χ3v) is 3.91. The lowest BCUT2D eigenvalue weighted by Gasteiger charge is -2.32. The first-order chi connectivity index (χ1) is 7.99. The highest BCUT2D eigenvalue weighted by atomic mass is 32.2. The standard InChI is InChI=1S/C10H18N2O4S/c1-11-3-5-12(6-4-11)9(13)8-17(16)7-2-10(14)15/h2-8H2,1H3,(H,14,15). The number of amides is 1. The number of hydrogen-bond donors (Lipinski definition) is 1. The predicted octanol–water partition coefficient (Wildman–Crippen LogP) is -1.02. The summed E-state index contributed by atoms with van der Waals surface area (Å²) in [5.41, 5.74) is 0. The van der Waals surface area contributed by atoms with Crippen LogP contribution in [0.1, 0.15) is 6.42 Å². The second-order valence-corrected chi connectivity index (χ2v) is 5.69. The lowest BCUT2D eigenvalue weighted by Crippen LogP contribution is -2.48. The highest BCUT2D eigenvalue weighted by Crippen LogP contribution is 2.01. The van der Waals surface area contributed by atoms with E-state index >= 15 is 0 Å². The zero-order valence-electron chi connectivity index (χ0n) is 9.92. The largest absolute Gasteiger partial charge is 0.481 e. The van der Waals surface area contributed by atoms with Crippen molar-refractivity contribution in [2.45, 2.75) is 6.42 Å². The Kier molecular flexibility index (Phi) is 5.57. The van der Waals surface area contributed by atoms with Crippen molar-refractivity contribution in [3.63, 3.8) is 0 Å². The van der Waals surface area contributed by atoms with E-state index in [4.69, 9.17) is 5.11 Å². The van der Waals surface area contributed by atoms with E-state index in [2.05, 4.69) is 4.90 Å². The number of aliphatic carboxylic acids is 1. The van der Waals surface area contributed by atoms with E-state index in [1.807, 2.05) is 7.05 Å². The number of carbonyl (C=O) groups excluding carboxylic acids is 1. The van der Waals surface area contributed by atoms with E-state index in [0.717, 1.165) is 13.1 Å². The quantitative estimate of drug-likeness (QED) is 0.686. The van der Waals surface area contributed by atoms with E-state index in [1.165, 1.54) is 0 Å². The molecule has 0 bridgehead atoms. The minimum atomic E-state index is -1.37. The summed E-state index contributed by atoms with van der Waals surface area (Å²) in [6.45, 7) is 2.97.